The molecule has 228 valence electrons. The zero-order valence-electron chi connectivity index (χ0n) is 22.4. The van der Waals surface area contributed by atoms with E-state index in [1.807, 2.05) is 36.4 Å². The summed E-state index contributed by atoms with van der Waals surface area (Å²) in [6.45, 7) is 1.68. The number of benzene rings is 3. The number of ether oxygens (including phenoxy) is 2. The Hall–Kier alpha value is -2.21. The Kier molecular flexibility index (Phi) is 10.3. The Morgan fingerprint density at radius 1 is 1.11 bits per heavy atom. The van der Waals surface area contributed by atoms with E-state index in [-0.39, 0.29) is 21.5 Å². The average Bonchev–Trinajstić information content (AvgIpc) is 3.27. The first-order valence-electron chi connectivity index (χ1n) is 12.8. The van der Waals surface area contributed by atoms with Gasteiger partial charge in [-0.3, -0.25) is 9.36 Å². The van der Waals surface area contributed by atoms with E-state index in [0.717, 1.165) is 33.1 Å². The van der Waals surface area contributed by atoms with Crippen LogP contribution in [-0.4, -0.2) is 23.3 Å². The number of carbonyl (C=O) groups is 1. The van der Waals surface area contributed by atoms with Gasteiger partial charge in [0, 0.05) is 9.50 Å². The lowest BCUT2D eigenvalue weighted by atomic mass is 9.95. The minimum atomic E-state index is -4.99. The predicted molar refractivity (Wildman–Crippen MR) is 183 cm³/mol. The molecular weight excluding hydrogens is 911 g/mol. The molecule has 0 bridgehead atoms. The first-order valence-corrected chi connectivity index (χ1v) is 16.9. The molecule has 1 aliphatic rings. The van der Waals surface area contributed by atoms with Gasteiger partial charge in [0.1, 0.15) is 12.4 Å². The summed E-state index contributed by atoms with van der Waals surface area (Å²) in [5.41, 5.74) is -0.892. The molecule has 5 rings (SSSR count). The molecule has 1 atom stereocenters. The number of carbonyl (C=O) groups excluding carboxylic acids is 1. The van der Waals surface area contributed by atoms with Crippen LogP contribution in [0.15, 0.2) is 86.2 Å². The summed E-state index contributed by atoms with van der Waals surface area (Å²) in [6.07, 6.45) is -3.40. The van der Waals surface area contributed by atoms with Gasteiger partial charge in [0.05, 0.1) is 29.9 Å². The lowest BCUT2D eigenvalue weighted by Crippen LogP contribution is -2.41. The molecule has 0 N–H and O–H groups in total. The summed E-state index contributed by atoms with van der Waals surface area (Å²) in [7, 11) is 0. The van der Waals surface area contributed by atoms with E-state index in [1.165, 1.54) is 31.2 Å². The van der Waals surface area contributed by atoms with Gasteiger partial charge < -0.3 is 9.47 Å². The number of hydrogen-bond acceptors (Lipinski definition) is 6. The smallest absolute Gasteiger partial charge is 0.434 e. The van der Waals surface area contributed by atoms with Crippen molar-refractivity contribution in [2.75, 3.05) is 6.61 Å². The SMILES string of the molecule is CCOC(=O)C1=C(C(F)(F)F)N=c2s/c(=C\c3cc(I)c(OCc4ccc(Br)cc4)c(I)c3)c(=O)n2[C@@H]1c1ccc(Cl)cc1. The van der Waals surface area contributed by atoms with E-state index < -0.39 is 35.0 Å². The third-order valence-corrected chi connectivity index (χ3v) is 9.76. The van der Waals surface area contributed by atoms with Crippen molar-refractivity contribution in [2.45, 2.75) is 25.7 Å². The lowest BCUT2D eigenvalue weighted by molar-refractivity contribution is -0.140. The largest absolute Gasteiger partial charge is 0.487 e. The standard InChI is InChI=1S/C30H19BrClF3I2N2O4S/c1-2-42-28(41)23-24(17-5-9-19(32)10-6-17)39-27(40)22(44-29(39)38-26(23)30(33,34)35)13-16-11-20(36)25(21(37)12-16)43-14-15-3-7-18(31)8-4-15/h3-13,24H,2,14H2,1H3/b22-13-/t24-/m1/s1. The second-order valence-electron chi connectivity index (χ2n) is 9.34. The van der Waals surface area contributed by atoms with Crippen molar-refractivity contribution < 1.29 is 27.4 Å². The van der Waals surface area contributed by atoms with Crippen molar-refractivity contribution in [1.29, 1.82) is 0 Å². The van der Waals surface area contributed by atoms with Crippen LogP contribution in [0, 0.1) is 7.14 Å². The van der Waals surface area contributed by atoms with Crippen molar-refractivity contribution in [3.05, 3.63) is 125 Å². The van der Waals surface area contributed by atoms with Gasteiger partial charge in [-0.25, -0.2) is 9.79 Å². The normalized spacial score (nSPS) is 15.2. The van der Waals surface area contributed by atoms with Crippen LogP contribution in [-0.2, 0) is 16.1 Å². The maximum absolute atomic E-state index is 14.3. The van der Waals surface area contributed by atoms with Crippen molar-refractivity contribution in [2.24, 2.45) is 4.99 Å². The highest BCUT2D eigenvalue weighted by atomic mass is 127. The highest BCUT2D eigenvalue weighted by Gasteiger charge is 2.45. The van der Waals surface area contributed by atoms with Crippen LogP contribution in [0.5, 0.6) is 5.75 Å². The number of thiazole rings is 1. The van der Waals surface area contributed by atoms with Crippen molar-refractivity contribution in [1.82, 2.24) is 4.57 Å². The predicted octanol–water partition coefficient (Wildman–Crippen LogP) is 7.54. The van der Waals surface area contributed by atoms with Crippen LogP contribution in [0.2, 0.25) is 5.02 Å². The van der Waals surface area contributed by atoms with Gasteiger partial charge in [-0.05, 0) is 111 Å². The average molecular weight is 930 g/mol. The number of esters is 1. The van der Waals surface area contributed by atoms with E-state index in [9.17, 15) is 22.8 Å². The Bertz CT molecular complexity index is 1940. The van der Waals surface area contributed by atoms with Crippen LogP contribution in [0.4, 0.5) is 13.2 Å². The number of halogens is 7. The Balaban J connectivity index is 1.61. The zero-order chi connectivity index (χ0) is 31.8. The molecule has 0 aliphatic carbocycles. The molecule has 0 spiro atoms. The summed E-state index contributed by atoms with van der Waals surface area (Å²) < 4.78 is 57.8. The second kappa shape index (κ2) is 13.6. The molecule has 14 heteroatoms. The van der Waals surface area contributed by atoms with E-state index in [1.54, 1.807) is 6.08 Å². The van der Waals surface area contributed by atoms with Gasteiger partial charge in [-0.2, -0.15) is 13.2 Å². The first-order chi connectivity index (χ1) is 20.9. The molecule has 2 heterocycles. The van der Waals surface area contributed by atoms with Gasteiger partial charge in [-0.1, -0.05) is 63.1 Å². The molecule has 4 aromatic rings. The first kappa shape index (κ1) is 33.2. The highest BCUT2D eigenvalue weighted by Crippen LogP contribution is 2.38. The molecule has 0 fully saturated rings. The summed E-state index contributed by atoms with van der Waals surface area (Å²) in [4.78, 5) is 30.4. The number of rotatable bonds is 7. The zero-order valence-corrected chi connectivity index (χ0v) is 29.9. The lowest BCUT2D eigenvalue weighted by Gasteiger charge is -2.26. The van der Waals surface area contributed by atoms with Crippen molar-refractivity contribution in [3.8, 4) is 5.75 Å². The fraction of sp³-hybridized carbons (Fsp3) is 0.167. The fourth-order valence-corrected chi connectivity index (χ4v) is 8.01. The van der Waals surface area contributed by atoms with Gasteiger partial charge in [-0.15, -0.1) is 0 Å². The third kappa shape index (κ3) is 7.11. The van der Waals surface area contributed by atoms with Crippen LogP contribution in [0.25, 0.3) is 6.08 Å². The molecule has 0 saturated carbocycles. The van der Waals surface area contributed by atoms with E-state index in [2.05, 4.69) is 66.1 Å². The van der Waals surface area contributed by atoms with Gasteiger partial charge in [0.15, 0.2) is 10.5 Å². The second-order valence-corrected chi connectivity index (χ2v) is 14.0. The van der Waals surface area contributed by atoms with Crippen LogP contribution in [0.3, 0.4) is 0 Å². The fourth-order valence-electron chi connectivity index (χ4n) is 4.49. The molecule has 0 saturated heterocycles. The topological polar surface area (TPSA) is 69.9 Å². The van der Waals surface area contributed by atoms with Gasteiger partial charge in [0.2, 0.25) is 0 Å². The summed E-state index contributed by atoms with van der Waals surface area (Å²) >= 11 is 14.5. The molecular formula is C30H19BrClF3I2N2O4S. The number of fused-ring (bicyclic) bond motifs is 1. The number of alkyl halides is 3. The number of allylic oxidation sites excluding steroid dienone is 1. The minimum absolute atomic E-state index is 0.143. The van der Waals surface area contributed by atoms with Gasteiger partial charge >= 0.3 is 12.1 Å². The molecule has 0 amide bonds. The summed E-state index contributed by atoms with van der Waals surface area (Å²) in [6, 6.07) is 15.9. The van der Waals surface area contributed by atoms with Gasteiger partial charge in [0.25, 0.3) is 5.56 Å². The molecule has 6 nitrogen and oxygen atoms in total. The molecule has 1 aliphatic heterocycles. The van der Waals surface area contributed by atoms with E-state index >= 15 is 0 Å². The summed E-state index contributed by atoms with van der Waals surface area (Å²) in [5.74, 6) is -0.537. The minimum Gasteiger partial charge on any atom is -0.487 e. The quantitative estimate of drug-likeness (QED) is 0.142. The number of aromatic nitrogens is 1. The Morgan fingerprint density at radius 3 is 2.34 bits per heavy atom. The van der Waals surface area contributed by atoms with Crippen molar-refractivity contribution >= 4 is 96.1 Å². The Labute approximate surface area is 293 Å². The molecule has 44 heavy (non-hydrogen) atoms. The molecule has 1 aromatic heterocycles. The van der Waals surface area contributed by atoms with Crippen LogP contribution < -0.4 is 19.6 Å². The van der Waals surface area contributed by atoms with E-state index in [0.29, 0.717) is 22.9 Å². The van der Waals surface area contributed by atoms with E-state index in [4.69, 9.17) is 21.1 Å². The Morgan fingerprint density at radius 2 is 1.75 bits per heavy atom. The molecule has 0 radical (unpaired) electrons. The van der Waals surface area contributed by atoms with Crippen LogP contribution in [0.1, 0.15) is 29.7 Å². The van der Waals surface area contributed by atoms with Crippen LogP contribution >= 0.6 is 84.0 Å². The molecule has 0 unspecified atom stereocenters. The third-order valence-electron chi connectivity index (χ3n) is 6.40. The van der Waals surface area contributed by atoms with Crippen molar-refractivity contribution in [3.63, 3.8) is 0 Å². The summed E-state index contributed by atoms with van der Waals surface area (Å²) in [5, 5.41) is 0.340. The maximum Gasteiger partial charge on any atom is 0.434 e. The number of hydrogen-bond donors (Lipinski definition) is 0. The highest BCUT2D eigenvalue weighted by molar-refractivity contribution is 14.1. The maximum atomic E-state index is 14.3. The monoisotopic (exact) mass is 928 g/mol. The number of nitrogens with zero attached hydrogens (tertiary/aromatic N) is 2. The molecule has 3 aromatic carbocycles.